The van der Waals surface area contributed by atoms with Gasteiger partial charge in [0, 0.05) is 18.4 Å². The van der Waals surface area contributed by atoms with E-state index in [0.717, 1.165) is 11.5 Å². The van der Waals surface area contributed by atoms with E-state index in [-0.39, 0.29) is 34.7 Å². The zero-order valence-corrected chi connectivity index (χ0v) is 13.2. The molecule has 1 aliphatic carbocycles. The highest BCUT2D eigenvalue weighted by atomic mass is 32.1. The van der Waals surface area contributed by atoms with Gasteiger partial charge >= 0.3 is 0 Å². The zero-order valence-electron chi connectivity index (χ0n) is 12.4. The minimum atomic E-state index is -0.276. The molecule has 114 valence electrons. The Bertz CT molecular complexity index is 772. The van der Waals surface area contributed by atoms with Crippen molar-refractivity contribution in [3.63, 3.8) is 0 Å². The second kappa shape index (κ2) is 5.61. The lowest BCUT2D eigenvalue weighted by Gasteiger charge is -2.25. The predicted octanol–water partition coefficient (Wildman–Crippen LogP) is 3.16. The van der Waals surface area contributed by atoms with Crippen LogP contribution in [0.3, 0.4) is 0 Å². The lowest BCUT2D eigenvalue weighted by Crippen LogP contribution is -2.29. The number of nitrogens with zero attached hydrogens (tertiary/aromatic N) is 2. The van der Waals surface area contributed by atoms with Crippen LogP contribution in [-0.4, -0.2) is 26.3 Å². The average Bonchev–Trinajstić information content (AvgIpc) is 2.94. The molecule has 1 heterocycles. The summed E-state index contributed by atoms with van der Waals surface area (Å²) in [6, 6.07) is 5.18. The van der Waals surface area contributed by atoms with E-state index in [1.54, 1.807) is 18.2 Å². The van der Waals surface area contributed by atoms with Crippen LogP contribution in [0, 0.1) is 11.8 Å². The van der Waals surface area contributed by atoms with Gasteiger partial charge in [0.1, 0.15) is 16.8 Å². The van der Waals surface area contributed by atoms with E-state index in [1.807, 2.05) is 13.8 Å². The molecule has 1 fully saturated rings. The highest BCUT2D eigenvalue weighted by Crippen LogP contribution is 2.34. The summed E-state index contributed by atoms with van der Waals surface area (Å²) in [5, 5.41) is 14.5. The number of hydrogen-bond donors (Lipinski definition) is 1. The smallest absolute Gasteiger partial charge is 0.170 e. The minimum absolute atomic E-state index is 0.0532. The summed E-state index contributed by atoms with van der Waals surface area (Å²) >= 11 is 1.14. The Hall–Kier alpha value is -2.08. The van der Waals surface area contributed by atoms with Crippen LogP contribution < -0.4 is 0 Å². The number of aromatic nitrogens is 2. The van der Waals surface area contributed by atoms with Crippen LogP contribution in [0.1, 0.15) is 32.3 Å². The first kappa shape index (κ1) is 14.8. The molecule has 0 spiro atoms. The number of hydrogen-bond acceptors (Lipinski definition) is 6. The van der Waals surface area contributed by atoms with Crippen molar-refractivity contribution < 1.29 is 14.7 Å². The van der Waals surface area contributed by atoms with Gasteiger partial charge in [-0.2, -0.15) is 0 Å². The van der Waals surface area contributed by atoms with Gasteiger partial charge in [-0.1, -0.05) is 24.4 Å². The van der Waals surface area contributed by atoms with Gasteiger partial charge in [0.25, 0.3) is 0 Å². The molecule has 1 aromatic heterocycles. The first-order valence-electron chi connectivity index (χ1n) is 7.20. The highest BCUT2D eigenvalue weighted by molar-refractivity contribution is 7.13. The van der Waals surface area contributed by atoms with Crippen LogP contribution in [0.25, 0.3) is 16.0 Å². The molecule has 22 heavy (non-hydrogen) atoms. The number of rotatable bonds is 2. The molecule has 6 heteroatoms. The number of aliphatic hydroxyl groups excluding tert-OH is 1. The van der Waals surface area contributed by atoms with Gasteiger partial charge in [-0.3, -0.25) is 9.59 Å². The zero-order chi connectivity index (χ0) is 15.9. The highest BCUT2D eigenvalue weighted by Gasteiger charge is 2.35. The Morgan fingerprint density at radius 2 is 1.95 bits per heavy atom. The maximum atomic E-state index is 12.3. The van der Waals surface area contributed by atoms with E-state index >= 15 is 0 Å². The van der Waals surface area contributed by atoms with E-state index in [2.05, 4.69) is 9.59 Å². The fraction of sp³-hybridized carbons (Fsp3) is 0.375. The molecule has 1 aliphatic rings. The van der Waals surface area contributed by atoms with Gasteiger partial charge < -0.3 is 5.11 Å². The number of ketones is 2. The van der Waals surface area contributed by atoms with Crippen molar-refractivity contribution in [3.05, 3.63) is 29.3 Å². The molecule has 2 aromatic rings. The third-order valence-electron chi connectivity index (χ3n) is 4.16. The molecular formula is C16H16N2O3S. The number of carbonyl (C=O) groups is 2. The van der Waals surface area contributed by atoms with Gasteiger partial charge in [-0.15, -0.1) is 5.10 Å². The Morgan fingerprint density at radius 1 is 1.27 bits per heavy atom. The lowest BCUT2D eigenvalue weighted by atomic mass is 9.77. The van der Waals surface area contributed by atoms with Gasteiger partial charge in [-0.05, 0) is 35.5 Å². The van der Waals surface area contributed by atoms with Crippen molar-refractivity contribution in [2.75, 3.05) is 0 Å². The molecule has 1 aromatic carbocycles. The van der Waals surface area contributed by atoms with E-state index < -0.39 is 0 Å². The van der Waals surface area contributed by atoms with Crippen LogP contribution in [-0.2, 0) is 9.59 Å². The molecule has 0 bridgehead atoms. The SMILES string of the molecule is CC(C)C1CC(=O)C(=C(O)c2cccc3nnsc23)C(=O)C1. The van der Waals surface area contributed by atoms with Crippen molar-refractivity contribution in [2.24, 2.45) is 11.8 Å². The molecule has 1 N–H and O–H groups in total. The topological polar surface area (TPSA) is 80.2 Å². The van der Waals surface area contributed by atoms with Crippen molar-refractivity contribution in [1.82, 2.24) is 9.59 Å². The molecule has 1 saturated carbocycles. The number of carbonyl (C=O) groups excluding carboxylic acids is 2. The van der Waals surface area contributed by atoms with Gasteiger partial charge in [0.05, 0.1) is 4.70 Å². The third kappa shape index (κ3) is 2.43. The first-order chi connectivity index (χ1) is 10.5. The second-order valence-corrected chi connectivity index (χ2v) is 6.66. The summed E-state index contributed by atoms with van der Waals surface area (Å²) in [4.78, 5) is 24.7. The van der Waals surface area contributed by atoms with Gasteiger partial charge in [0.2, 0.25) is 0 Å². The van der Waals surface area contributed by atoms with Gasteiger partial charge in [-0.25, -0.2) is 0 Å². The van der Waals surface area contributed by atoms with E-state index in [1.165, 1.54) is 0 Å². The Kier molecular flexibility index (Phi) is 3.78. The van der Waals surface area contributed by atoms with Crippen LogP contribution in [0.15, 0.2) is 23.8 Å². The summed E-state index contributed by atoms with van der Waals surface area (Å²) in [5.74, 6) is -0.471. The second-order valence-electron chi connectivity index (χ2n) is 5.91. The first-order valence-corrected chi connectivity index (χ1v) is 7.97. The average molecular weight is 316 g/mol. The third-order valence-corrected chi connectivity index (χ3v) is 4.94. The maximum absolute atomic E-state index is 12.3. The quantitative estimate of drug-likeness (QED) is 0.523. The van der Waals surface area contributed by atoms with Gasteiger partial charge in [0.15, 0.2) is 11.6 Å². The van der Waals surface area contributed by atoms with Crippen LogP contribution in [0.4, 0.5) is 0 Å². The molecule has 0 radical (unpaired) electrons. The monoisotopic (exact) mass is 316 g/mol. The summed E-state index contributed by atoms with van der Waals surface area (Å²) < 4.78 is 4.53. The van der Waals surface area contributed by atoms with Crippen molar-refractivity contribution >= 4 is 39.1 Å². The van der Waals surface area contributed by atoms with E-state index in [9.17, 15) is 14.7 Å². The Balaban J connectivity index is 2.08. The van der Waals surface area contributed by atoms with Crippen LogP contribution in [0.5, 0.6) is 0 Å². The van der Waals surface area contributed by atoms with Crippen molar-refractivity contribution in [2.45, 2.75) is 26.7 Å². The standard InChI is InChI=1S/C16H16N2O3S/c1-8(2)9-6-12(19)14(13(20)7-9)15(21)10-4-3-5-11-16(10)22-18-17-11/h3-5,8-9,21H,6-7H2,1-2H3. The molecular weight excluding hydrogens is 300 g/mol. The van der Waals surface area contributed by atoms with Crippen LogP contribution >= 0.6 is 11.5 Å². The van der Waals surface area contributed by atoms with E-state index in [0.29, 0.717) is 28.6 Å². The lowest BCUT2D eigenvalue weighted by molar-refractivity contribution is -0.126. The number of allylic oxidation sites excluding steroid dienone is 1. The Morgan fingerprint density at radius 3 is 2.59 bits per heavy atom. The number of fused-ring (bicyclic) bond motifs is 1. The molecule has 0 atom stereocenters. The molecule has 3 rings (SSSR count). The van der Waals surface area contributed by atoms with E-state index in [4.69, 9.17) is 0 Å². The number of benzene rings is 1. The van der Waals surface area contributed by atoms with Crippen molar-refractivity contribution in [1.29, 1.82) is 0 Å². The fourth-order valence-corrected chi connectivity index (χ4v) is 3.45. The van der Waals surface area contributed by atoms with Crippen LogP contribution in [0.2, 0.25) is 0 Å². The number of Topliss-reactive ketones (excluding diaryl/α,β-unsaturated/α-hetero) is 2. The normalized spacial score (nSPS) is 19.2. The summed E-state index contributed by atoms with van der Waals surface area (Å²) in [6.07, 6.45) is 0.611. The predicted molar refractivity (Wildman–Crippen MR) is 84.5 cm³/mol. The summed E-state index contributed by atoms with van der Waals surface area (Å²) in [7, 11) is 0. The summed E-state index contributed by atoms with van der Waals surface area (Å²) in [5.41, 5.74) is 1.02. The maximum Gasteiger partial charge on any atom is 0.170 e. The largest absolute Gasteiger partial charge is 0.506 e. The summed E-state index contributed by atoms with van der Waals surface area (Å²) in [6.45, 7) is 4.01. The molecule has 5 nitrogen and oxygen atoms in total. The fourth-order valence-electron chi connectivity index (χ4n) is 2.77. The molecule has 0 saturated heterocycles. The number of aliphatic hydroxyl groups is 1. The molecule has 0 aliphatic heterocycles. The van der Waals surface area contributed by atoms with Crippen molar-refractivity contribution in [3.8, 4) is 0 Å². The Labute approximate surface area is 131 Å². The molecule has 0 unspecified atom stereocenters. The minimum Gasteiger partial charge on any atom is -0.506 e. The molecule has 0 amide bonds.